The normalized spacial score (nSPS) is 9.56. The minimum absolute atomic E-state index is 0.0748. The third-order valence-electron chi connectivity index (χ3n) is 1.10. The summed E-state index contributed by atoms with van der Waals surface area (Å²) in [5.74, 6) is -0.0748. The Hall–Kier alpha value is -0.430. The van der Waals surface area contributed by atoms with Crippen molar-refractivity contribution >= 4 is 14.4 Å². The van der Waals surface area contributed by atoms with Gasteiger partial charge in [0.15, 0.2) is 8.46 Å². The summed E-state index contributed by atoms with van der Waals surface area (Å²) in [5, 5.41) is 0. The van der Waals surface area contributed by atoms with Crippen LogP contribution in [0.2, 0.25) is 0 Å². The van der Waals surface area contributed by atoms with Crippen LogP contribution in [0.4, 0.5) is 0 Å². The molecule has 9 heavy (non-hydrogen) atoms. The molecule has 0 saturated heterocycles. The second kappa shape index (κ2) is 4.45. The Kier molecular flexibility index (Phi) is 4.24. The van der Waals surface area contributed by atoms with Crippen LogP contribution in [0.1, 0.15) is 6.92 Å². The van der Waals surface area contributed by atoms with E-state index in [4.69, 9.17) is 0 Å². The quantitative estimate of drug-likeness (QED) is 0.552. The number of rotatable bonds is 3. The summed E-state index contributed by atoms with van der Waals surface area (Å²) in [6.07, 6.45) is 0.102. The maximum Gasteiger partial charge on any atom is 0.233 e. The number of hydrogen-bond donors (Lipinski definition) is 0. The Balaban J connectivity index is 3.58. The van der Waals surface area contributed by atoms with Crippen molar-refractivity contribution in [2.45, 2.75) is 6.92 Å². The first-order valence-corrected chi connectivity index (χ1v) is 3.75. The van der Waals surface area contributed by atoms with E-state index in [9.17, 15) is 9.36 Å². The summed E-state index contributed by atoms with van der Waals surface area (Å²) in [4.78, 5) is 12.2. The van der Waals surface area contributed by atoms with Gasteiger partial charge in [0, 0.05) is 13.6 Å². The fraction of sp³-hybridized carbons (Fsp3) is 0.800. The lowest BCUT2D eigenvalue weighted by Gasteiger charge is -2.10. The van der Waals surface area contributed by atoms with E-state index in [-0.39, 0.29) is 20.5 Å². The molecule has 0 bridgehead atoms. The van der Waals surface area contributed by atoms with Crippen LogP contribution < -0.4 is 0 Å². The fourth-order valence-corrected chi connectivity index (χ4v) is 0.704. The summed E-state index contributed by atoms with van der Waals surface area (Å²) in [6.45, 7) is 2.55. The van der Waals surface area contributed by atoms with Gasteiger partial charge in [0.2, 0.25) is 5.91 Å². The molecule has 0 N–H and O–H groups in total. The maximum absolute atomic E-state index is 10.7. The number of carbonyl (C=O) groups is 1. The minimum atomic E-state index is -0.0975. The molecule has 0 aliphatic rings. The van der Waals surface area contributed by atoms with Crippen molar-refractivity contribution in [3.05, 3.63) is 0 Å². The number of nitrogens with zero attached hydrogens (tertiary/aromatic N) is 1. The lowest BCUT2D eigenvalue weighted by molar-refractivity contribution is -0.126. The van der Waals surface area contributed by atoms with Crippen LogP contribution in [0.25, 0.3) is 0 Å². The molecule has 0 radical (unpaired) electrons. The first kappa shape index (κ1) is 8.57. The molecule has 52 valence electrons. The van der Waals surface area contributed by atoms with Gasteiger partial charge >= 0.3 is 0 Å². The molecule has 0 spiro atoms. The van der Waals surface area contributed by atoms with E-state index in [0.29, 0.717) is 6.54 Å². The summed E-state index contributed by atoms with van der Waals surface area (Å²) in [5.41, 5.74) is 0. The van der Waals surface area contributed by atoms with E-state index in [1.165, 1.54) is 4.90 Å². The van der Waals surface area contributed by atoms with E-state index in [1.54, 1.807) is 7.05 Å². The summed E-state index contributed by atoms with van der Waals surface area (Å²) < 4.78 is 9.89. The van der Waals surface area contributed by atoms with Crippen LogP contribution >= 0.6 is 8.46 Å². The van der Waals surface area contributed by atoms with E-state index in [0.717, 1.165) is 0 Å². The van der Waals surface area contributed by atoms with E-state index < -0.39 is 0 Å². The van der Waals surface area contributed by atoms with Gasteiger partial charge in [-0.2, -0.15) is 0 Å². The first-order valence-electron chi connectivity index (χ1n) is 2.75. The molecule has 0 aromatic heterocycles. The highest BCUT2D eigenvalue weighted by Crippen LogP contribution is 1.93. The SMILES string of the molecule is CCN(C)C(=O)CP=O. The monoisotopic (exact) mass is 147 g/mol. The summed E-state index contributed by atoms with van der Waals surface area (Å²) >= 11 is 0. The molecular weight excluding hydrogens is 137 g/mol. The summed E-state index contributed by atoms with van der Waals surface area (Å²) in [7, 11) is 1.59. The predicted octanol–water partition coefficient (Wildman–Crippen LogP) is 0.756. The molecule has 3 nitrogen and oxygen atoms in total. The van der Waals surface area contributed by atoms with Crippen molar-refractivity contribution in [3.8, 4) is 0 Å². The molecule has 0 aliphatic heterocycles. The van der Waals surface area contributed by atoms with Crippen LogP contribution in [-0.2, 0) is 9.36 Å². The molecule has 1 amide bonds. The van der Waals surface area contributed by atoms with Gasteiger partial charge in [-0.25, -0.2) is 0 Å². The zero-order chi connectivity index (χ0) is 7.28. The predicted molar refractivity (Wildman–Crippen MR) is 35.8 cm³/mol. The molecule has 0 fully saturated rings. The Labute approximate surface area is 56.2 Å². The Morgan fingerprint density at radius 2 is 2.22 bits per heavy atom. The zero-order valence-corrected chi connectivity index (χ0v) is 6.52. The van der Waals surface area contributed by atoms with Gasteiger partial charge < -0.3 is 4.90 Å². The Morgan fingerprint density at radius 1 is 1.67 bits per heavy atom. The Morgan fingerprint density at radius 3 is 2.56 bits per heavy atom. The fourth-order valence-electron chi connectivity index (χ4n) is 0.352. The van der Waals surface area contributed by atoms with Gasteiger partial charge in [-0.05, 0) is 6.92 Å². The number of carbonyl (C=O) groups excluding carboxylic acids is 1. The van der Waals surface area contributed by atoms with Crippen LogP contribution in [0.3, 0.4) is 0 Å². The van der Waals surface area contributed by atoms with E-state index in [1.807, 2.05) is 6.92 Å². The number of hydrogen-bond acceptors (Lipinski definition) is 2. The van der Waals surface area contributed by atoms with Crippen molar-refractivity contribution in [2.24, 2.45) is 0 Å². The third-order valence-corrected chi connectivity index (χ3v) is 1.50. The van der Waals surface area contributed by atoms with Crippen molar-refractivity contribution in [2.75, 3.05) is 19.8 Å². The van der Waals surface area contributed by atoms with E-state index in [2.05, 4.69) is 0 Å². The van der Waals surface area contributed by atoms with Crippen LogP contribution in [0.5, 0.6) is 0 Å². The molecule has 4 heteroatoms. The molecule has 0 rings (SSSR count). The molecule has 0 aromatic carbocycles. The van der Waals surface area contributed by atoms with E-state index >= 15 is 0 Å². The minimum Gasteiger partial charge on any atom is -0.345 e. The summed E-state index contributed by atoms with van der Waals surface area (Å²) in [6, 6.07) is 0. The van der Waals surface area contributed by atoms with Gasteiger partial charge in [0.05, 0.1) is 0 Å². The smallest absolute Gasteiger partial charge is 0.233 e. The zero-order valence-electron chi connectivity index (χ0n) is 5.63. The molecule has 0 atom stereocenters. The largest absolute Gasteiger partial charge is 0.345 e. The molecule has 0 heterocycles. The highest BCUT2D eigenvalue weighted by atomic mass is 31.1. The van der Waals surface area contributed by atoms with Gasteiger partial charge in [-0.1, -0.05) is 0 Å². The second-order valence-corrected chi connectivity index (χ2v) is 2.27. The highest BCUT2D eigenvalue weighted by molar-refractivity contribution is 7.25. The van der Waals surface area contributed by atoms with Crippen molar-refractivity contribution in [3.63, 3.8) is 0 Å². The van der Waals surface area contributed by atoms with Crippen molar-refractivity contribution < 1.29 is 9.36 Å². The maximum atomic E-state index is 10.7. The van der Waals surface area contributed by atoms with Crippen LogP contribution in [0, 0.1) is 0 Å². The third kappa shape index (κ3) is 3.20. The molecule has 0 unspecified atom stereocenters. The number of amides is 1. The molecule has 0 aliphatic carbocycles. The van der Waals surface area contributed by atoms with Gasteiger partial charge in [0.1, 0.15) is 6.16 Å². The van der Waals surface area contributed by atoms with Gasteiger partial charge in [-0.3, -0.25) is 9.36 Å². The van der Waals surface area contributed by atoms with Gasteiger partial charge in [0.25, 0.3) is 0 Å². The molecule has 0 saturated carbocycles. The average molecular weight is 147 g/mol. The molecular formula is C5H10NO2P. The lowest BCUT2D eigenvalue weighted by atomic mass is 10.5. The van der Waals surface area contributed by atoms with Crippen molar-refractivity contribution in [1.82, 2.24) is 4.90 Å². The first-order chi connectivity index (χ1) is 4.22. The Bertz CT molecular complexity index is 116. The van der Waals surface area contributed by atoms with Crippen LogP contribution in [-0.4, -0.2) is 30.6 Å². The highest BCUT2D eigenvalue weighted by Gasteiger charge is 2.03. The van der Waals surface area contributed by atoms with Crippen LogP contribution in [0.15, 0.2) is 0 Å². The second-order valence-electron chi connectivity index (χ2n) is 1.70. The average Bonchev–Trinajstić information content (AvgIpc) is 1.87. The van der Waals surface area contributed by atoms with Gasteiger partial charge in [-0.15, -0.1) is 0 Å². The van der Waals surface area contributed by atoms with Crippen molar-refractivity contribution in [1.29, 1.82) is 0 Å². The lowest BCUT2D eigenvalue weighted by Crippen LogP contribution is -2.26. The standard InChI is InChI=1S/C5H10NO2P/c1-3-6(2)5(7)4-9-8/h3-4H2,1-2H3. The topological polar surface area (TPSA) is 37.4 Å². The molecule has 0 aromatic rings.